The molecule has 40 heavy (non-hydrogen) atoms. The van der Waals surface area contributed by atoms with Crippen LogP contribution in [0.2, 0.25) is 0 Å². The smallest absolute Gasteiger partial charge is 0.382 e. The quantitative estimate of drug-likeness (QED) is 0.118. The van der Waals surface area contributed by atoms with E-state index in [-0.39, 0.29) is 17.0 Å². The van der Waals surface area contributed by atoms with Gasteiger partial charge in [-0.05, 0) is 74.0 Å². The Labute approximate surface area is 236 Å². The highest BCUT2D eigenvalue weighted by molar-refractivity contribution is 7.92. The molecule has 0 saturated heterocycles. The van der Waals surface area contributed by atoms with Crippen molar-refractivity contribution >= 4 is 32.0 Å². The van der Waals surface area contributed by atoms with Crippen LogP contribution >= 0.6 is 0 Å². The zero-order valence-corrected chi connectivity index (χ0v) is 24.2. The molecule has 0 aliphatic rings. The summed E-state index contributed by atoms with van der Waals surface area (Å²) in [5, 5.41) is 28.1. The van der Waals surface area contributed by atoms with E-state index in [1.165, 1.54) is 18.2 Å². The average Bonchev–Trinajstić information content (AvgIpc) is 2.86. The van der Waals surface area contributed by atoms with Crippen LogP contribution in [0.25, 0.3) is 0 Å². The number of nitrogens with two attached hydrogens (primary N) is 1. The number of phenols is 1. The maximum Gasteiger partial charge on any atom is 0.382 e. The molecule has 224 valence electrons. The van der Waals surface area contributed by atoms with Crippen LogP contribution < -0.4 is 15.2 Å². The summed E-state index contributed by atoms with van der Waals surface area (Å²) in [5.41, 5.74) is 1.54. The zero-order chi connectivity index (χ0) is 29.6. The maximum absolute atomic E-state index is 11.8. The molecule has 0 unspecified atom stereocenters. The van der Waals surface area contributed by atoms with E-state index in [4.69, 9.17) is 9.88 Å². The van der Waals surface area contributed by atoms with Crippen molar-refractivity contribution in [2.24, 2.45) is 5.14 Å². The molecule has 2 rings (SSSR count). The molecule has 0 amide bonds. The van der Waals surface area contributed by atoms with Crippen LogP contribution in [0.4, 0.5) is 5.69 Å². The van der Waals surface area contributed by atoms with Crippen LogP contribution in [0.15, 0.2) is 42.5 Å². The minimum atomic E-state index is -4.35. The molecule has 14 heteroatoms. The first kappa shape index (κ1) is 33.5. The average molecular weight is 602 g/mol. The predicted molar refractivity (Wildman–Crippen MR) is 152 cm³/mol. The topological polar surface area (TPSA) is 194 Å². The Kier molecular flexibility index (Phi) is 13.8. The molecule has 0 fully saturated rings. The number of nitrogens with one attached hydrogen (secondary N) is 2. The monoisotopic (exact) mass is 601 g/mol. The van der Waals surface area contributed by atoms with Crippen molar-refractivity contribution in [3.05, 3.63) is 59.2 Å². The summed E-state index contributed by atoms with van der Waals surface area (Å²) in [4.78, 5) is 11.8. The lowest BCUT2D eigenvalue weighted by molar-refractivity contribution is 0.0746. The van der Waals surface area contributed by atoms with Gasteiger partial charge in [-0.3, -0.25) is 4.72 Å². The summed E-state index contributed by atoms with van der Waals surface area (Å²) in [6, 6.07) is 10.9. The van der Waals surface area contributed by atoms with E-state index < -0.39 is 32.4 Å². The molecule has 0 heterocycles. The molecule has 12 nitrogen and oxygen atoms in total. The van der Waals surface area contributed by atoms with Gasteiger partial charge in [-0.25, -0.2) is 13.2 Å². The molecule has 0 spiro atoms. The maximum atomic E-state index is 11.8. The SMILES string of the molecule is CS(=O)(=O)Nc1cc([C@@H](O)CNCCCCCCOCCCCc2cccc(C(=O)OS(N)(=O)=O)c2)ccc1O. The molecule has 6 N–H and O–H groups in total. The molecule has 2 aromatic rings. The van der Waals surface area contributed by atoms with Gasteiger partial charge in [0.15, 0.2) is 0 Å². The van der Waals surface area contributed by atoms with Gasteiger partial charge in [0.2, 0.25) is 10.0 Å². The third-order valence-corrected chi connectivity index (χ3v) is 6.76. The molecule has 0 radical (unpaired) electrons. The van der Waals surface area contributed by atoms with Gasteiger partial charge in [0.25, 0.3) is 0 Å². The molecule has 0 aromatic heterocycles. The van der Waals surface area contributed by atoms with Crippen LogP contribution in [-0.2, 0) is 35.7 Å². The van der Waals surface area contributed by atoms with Crippen molar-refractivity contribution in [3.8, 4) is 5.75 Å². The number of aryl methyl sites for hydroxylation is 1. The lowest BCUT2D eigenvalue weighted by Crippen LogP contribution is -2.22. The number of benzene rings is 2. The van der Waals surface area contributed by atoms with Crippen molar-refractivity contribution in [1.29, 1.82) is 0 Å². The second kappa shape index (κ2) is 16.5. The minimum absolute atomic E-state index is 0.0273. The van der Waals surface area contributed by atoms with E-state index in [0.717, 1.165) is 56.9 Å². The van der Waals surface area contributed by atoms with E-state index in [2.05, 4.69) is 14.2 Å². The van der Waals surface area contributed by atoms with Gasteiger partial charge in [0.05, 0.1) is 23.6 Å². The second-order valence-corrected chi connectivity index (χ2v) is 12.3. The van der Waals surface area contributed by atoms with Crippen LogP contribution in [0, 0.1) is 0 Å². The predicted octanol–water partition coefficient (Wildman–Crippen LogP) is 2.35. The first-order valence-corrected chi connectivity index (χ1v) is 16.3. The number of carbonyl (C=O) groups is 1. The number of hydrogen-bond donors (Lipinski definition) is 5. The van der Waals surface area contributed by atoms with Gasteiger partial charge in [0, 0.05) is 19.8 Å². The lowest BCUT2D eigenvalue weighted by Gasteiger charge is -2.14. The van der Waals surface area contributed by atoms with Crippen molar-refractivity contribution in [2.75, 3.05) is 37.3 Å². The Morgan fingerprint density at radius 1 is 0.975 bits per heavy atom. The summed E-state index contributed by atoms with van der Waals surface area (Å²) in [5.74, 6) is -1.22. The van der Waals surface area contributed by atoms with E-state index >= 15 is 0 Å². The van der Waals surface area contributed by atoms with Crippen LogP contribution in [-0.4, -0.2) is 65.6 Å². The molecule has 0 aliphatic heterocycles. The number of aromatic hydroxyl groups is 1. The molecule has 1 atom stereocenters. The van der Waals surface area contributed by atoms with Crippen LogP contribution in [0.1, 0.15) is 66.1 Å². The fourth-order valence-electron chi connectivity index (χ4n) is 3.85. The number of hydrogen-bond acceptors (Lipinski definition) is 10. The van der Waals surface area contributed by atoms with Crippen LogP contribution in [0.5, 0.6) is 5.75 Å². The molecule has 0 bridgehead atoms. The first-order valence-electron chi connectivity index (χ1n) is 13.0. The summed E-state index contributed by atoms with van der Waals surface area (Å²) < 4.78 is 56.7. The zero-order valence-electron chi connectivity index (χ0n) is 22.5. The molecular weight excluding hydrogens is 562 g/mol. The third kappa shape index (κ3) is 14.1. The summed E-state index contributed by atoms with van der Waals surface area (Å²) in [7, 11) is -7.89. The number of carbonyl (C=O) groups excluding carboxylic acids is 1. The fraction of sp³-hybridized carbons (Fsp3) is 0.500. The summed E-state index contributed by atoms with van der Waals surface area (Å²) in [6.45, 7) is 2.33. The Morgan fingerprint density at radius 3 is 2.38 bits per heavy atom. The number of aliphatic hydroxyl groups excluding tert-OH is 1. The third-order valence-electron chi connectivity index (χ3n) is 5.79. The molecule has 0 aliphatic carbocycles. The summed E-state index contributed by atoms with van der Waals surface area (Å²) in [6.07, 6.45) is 6.48. The van der Waals surface area contributed by atoms with Gasteiger partial charge in [-0.2, -0.15) is 13.6 Å². The van der Waals surface area contributed by atoms with Crippen LogP contribution in [0.3, 0.4) is 0 Å². The Bertz CT molecular complexity index is 1300. The number of aliphatic hydroxyl groups is 1. The van der Waals surface area contributed by atoms with Gasteiger partial charge < -0.3 is 24.4 Å². The lowest BCUT2D eigenvalue weighted by atomic mass is 10.1. The van der Waals surface area contributed by atoms with Crippen molar-refractivity contribution in [1.82, 2.24) is 5.32 Å². The Morgan fingerprint density at radius 2 is 1.68 bits per heavy atom. The van der Waals surface area contributed by atoms with Gasteiger partial charge in [-0.1, -0.05) is 31.0 Å². The second-order valence-electron chi connectivity index (χ2n) is 9.42. The van der Waals surface area contributed by atoms with E-state index in [0.29, 0.717) is 31.7 Å². The highest BCUT2D eigenvalue weighted by atomic mass is 32.2. The number of phenolic OH excluding ortho intramolecular Hbond substituents is 1. The standard InChI is InChI=1S/C26H39N3O9S2/c1-39(33,34)29-23-18-21(12-13-24(23)30)25(31)19-28-14-5-2-3-6-15-37-16-7-4-9-20-10-8-11-22(17-20)26(32)38-40(27,35)36/h8,10-13,17-18,25,28-31H,2-7,9,14-16,19H2,1H3,(H2,27,35,36)/t25-/m0/s1. The Balaban J connectivity index is 1.50. The Hall–Kier alpha value is -2.75. The highest BCUT2D eigenvalue weighted by Crippen LogP contribution is 2.27. The molecule has 2 aromatic carbocycles. The number of rotatable bonds is 19. The largest absolute Gasteiger partial charge is 0.506 e. The highest BCUT2D eigenvalue weighted by Gasteiger charge is 2.15. The number of anilines is 1. The van der Waals surface area contributed by atoms with Crippen molar-refractivity contribution < 1.29 is 40.8 Å². The van der Waals surface area contributed by atoms with E-state index in [1.54, 1.807) is 18.2 Å². The van der Waals surface area contributed by atoms with Gasteiger partial charge in [-0.15, -0.1) is 0 Å². The van der Waals surface area contributed by atoms with Gasteiger partial charge >= 0.3 is 16.3 Å². The summed E-state index contributed by atoms with van der Waals surface area (Å²) >= 11 is 0. The normalized spacial score (nSPS) is 12.7. The number of sulfonamides is 1. The molecule has 0 saturated carbocycles. The number of ether oxygens (including phenoxy) is 1. The fourth-order valence-corrected chi connectivity index (χ4v) is 4.72. The molecular formula is C26H39N3O9S2. The first-order chi connectivity index (χ1) is 18.8. The van der Waals surface area contributed by atoms with E-state index in [9.17, 15) is 31.8 Å². The van der Waals surface area contributed by atoms with Gasteiger partial charge in [0.1, 0.15) is 5.75 Å². The van der Waals surface area contributed by atoms with Crippen molar-refractivity contribution in [2.45, 2.75) is 51.0 Å². The van der Waals surface area contributed by atoms with E-state index in [1.807, 2.05) is 6.07 Å². The number of unbranched alkanes of at least 4 members (excludes halogenated alkanes) is 4. The van der Waals surface area contributed by atoms with Crippen molar-refractivity contribution in [3.63, 3.8) is 0 Å². The minimum Gasteiger partial charge on any atom is -0.506 e.